The number of rotatable bonds is 4. The van der Waals surface area contributed by atoms with Crippen molar-refractivity contribution in [2.24, 2.45) is 0 Å². The molecule has 0 saturated heterocycles. The summed E-state index contributed by atoms with van der Waals surface area (Å²) < 4.78 is 4.30. The van der Waals surface area contributed by atoms with Crippen LogP contribution < -0.4 is 5.32 Å². The highest BCUT2D eigenvalue weighted by atomic mass is 127. The van der Waals surface area contributed by atoms with E-state index < -0.39 is 0 Å². The molecule has 1 aliphatic rings. The van der Waals surface area contributed by atoms with E-state index in [1.807, 2.05) is 40.8 Å². The normalized spacial score (nSPS) is 18.8. The Morgan fingerprint density at radius 1 is 1.45 bits per heavy atom. The number of nitrogens with one attached hydrogen (secondary N) is 1. The van der Waals surface area contributed by atoms with Gasteiger partial charge >= 0.3 is 5.97 Å². The molecule has 1 N–H and O–H groups in total. The van der Waals surface area contributed by atoms with Crippen molar-refractivity contribution in [3.05, 3.63) is 35.4 Å². The number of alkyl halides is 1. The summed E-state index contributed by atoms with van der Waals surface area (Å²) in [6, 6.07) is 8.10. The number of carbonyl (C=O) groups is 2. The van der Waals surface area contributed by atoms with Crippen LogP contribution >= 0.6 is 22.6 Å². The number of methoxy groups -OCH3 is 1. The van der Waals surface area contributed by atoms with Crippen LogP contribution in [-0.2, 0) is 20.7 Å². The van der Waals surface area contributed by atoms with Crippen LogP contribution in [0.1, 0.15) is 29.9 Å². The van der Waals surface area contributed by atoms with Gasteiger partial charge < -0.3 is 10.1 Å². The van der Waals surface area contributed by atoms with Gasteiger partial charge in [-0.2, -0.15) is 0 Å². The van der Waals surface area contributed by atoms with Gasteiger partial charge in [-0.1, -0.05) is 46.9 Å². The van der Waals surface area contributed by atoms with Crippen molar-refractivity contribution in [2.75, 3.05) is 13.7 Å². The SMILES string of the molecule is COC(=O)C(I)CNC(=O)C1CCCc2ccccc21. The Balaban J connectivity index is 1.99. The third-order valence-corrected chi connectivity index (χ3v) is 4.55. The number of aryl methyl sites for hydroxylation is 1. The number of hydrogen-bond donors (Lipinski definition) is 1. The fourth-order valence-electron chi connectivity index (χ4n) is 2.55. The molecule has 1 aliphatic carbocycles. The zero-order valence-electron chi connectivity index (χ0n) is 11.4. The first-order valence-electron chi connectivity index (χ1n) is 6.71. The second kappa shape index (κ2) is 7.06. The van der Waals surface area contributed by atoms with E-state index in [0.29, 0.717) is 6.54 Å². The molecule has 0 spiro atoms. The molecule has 2 unspecified atom stereocenters. The summed E-state index contributed by atoms with van der Waals surface area (Å²) in [6.07, 6.45) is 2.93. The minimum absolute atomic E-state index is 0.00252. The molecule has 0 saturated carbocycles. The molecule has 5 heteroatoms. The molecule has 1 aromatic carbocycles. The topological polar surface area (TPSA) is 55.4 Å². The Morgan fingerprint density at radius 2 is 2.20 bits per heavy atom. The summed E-state index contributed by atoms with van der Waals surface area (Å²) in [5.41, 5.74) is 2.39. The van der Waals surface area contributed by atoms with Gasteiger partial charge in [0, 0.05) is 6.54 Å². The highest BCUT2D eigenvalue weighted by Gasteiger charge is 2.27. The fraction of sp³-hybridized carbons (Fsp3) is 0.467. The highest BCUT2D eigenvalue weighted by Crippen LogP contribution is 2.31. The van der Waals surface area contributed by atoms with Crippen LogP contribution in [0, 0.1) is 0 Å². The molecular formula is C15H18INO3. The Morgan fingerprint density at radius 3 is 2.95 bits per heavy atom. The zero-order chi connectivity index (χ0) is 14.5. The molecule has 4 nitrogen and oxygen atoms in total. The summed E-state index contributed by atoms with van der Waals surface area (Å²) in [4.78, 5) is 23.6. The van der Waals surface area contributed by atoms with Crippen LogP contribution in [0.4, 0.5) is 0 Å². The van der Waals surface area contributed by atoms with E-state index in [-0.39, 0.29) is 21.7 Å². The van der Waals surface area contributed by atoms with Crippen LogP contribution in [0.25, 0.3) is 0 Å². The first kappa shape index (κ1) is 15.3. The molecule has 2 atom stereocenters. The Kier molecular flexibility index (Phi) is 5.39. The van der Waals surface area contributed by atoms with Crippen LogP contribution in [0.5, 0.6) is 0 Å². The molecule has 108 valence electrons. The predicted octanol–water partition coefficient (Wildman–Crippen LogP) is 2.20. The lowest BCUT2D eigenvalue weighted by Crippen LogP contribution is -2.37. The fourth-order valence-corrected chi connectivity index (χ4v) is 3.03. The summed E-state index contributed by atoms with van der Waals surface area (Å²) in [5, 5.41) is 2.86. The van der Waals surface area contributed by atoms with Gasteiger partial charge in [0.15, 0.2) is 0 Å². The van der Waals surface area contributed by atoms with Crippen LogP contribution in [0.2, 0.25) is 0 Å². The van der Waals surface area contributed by atoms with Crippen molar-refractivity contribution >= 4 is 34.5 Å². The predicted molar refractivity (Wildman–Crippen MR) is 85.0 cm³/mol. The lowest BCUT2D eigenvalue weighted by atomic mass is 9.82. The van der Waals surface area contributed by atoms with Gasteiger partial charge in [-0.3, -0.25) is 9.59 Å². The number of esters is 1. The molecule has 1 amide bonds. The monoisotopic (exact) mass is 387 g/mol. The average molecular weight is 387 g/mol. The number of ether oxygens (including phenoxy) is 1. The third kappa shape index (κ3) is 3.50. The summed E-state index contributed by atoms with van der Waals surface area (Å²) in [7, 11) is 1.35. The minimum Gasteiger partial charge on any atom is -0.468 e. The van der Waals surface area contributed by atoms with Gasteiger partial charge in [0.2, 0.25) is 5.91 Å². The maximum atomic E-state index is 12.3. The maximum Gasteiger partial charge on any atom is 0.320 e. The number of fused-ring (bicyclic) bond motifs is 1. The van der Waals surface area contributed by atoms with E-state index in [4.69, 9.17) is 0 Å². The molecule has 0 heterocycles. The summed E-state index contributed by atoms with van der Waals surface area (Å²) in [6.45, 7) is 0.310. The van der Waals surface area contributed by atoms with Gasteiger partial charge in [0.05, 0.1) is 13.0 Å². The standard InChI is InChI=1S/C15H18INO3/c1-20-15(19)13(16)9-17-14(18)12-8-4-6-10-5-2-3-7-11(10)12/h2-3,5,7,12-13H,4,6,8-9H2,1H3,(H,17,18). The first-order chi connectivity index (χ1) is 9.63. The van der Waals surface area contributed by atoms with Gasteiger partial charge in [0.25, 0.3) is 0 Å². The van der Waals surface area contributed by atoms with Gasteiger partial charge in [-0.05, 0) is 30.4 Å². The quantitative estimate of drug-likeness (QED) is 0.490. The number of hydrogen-bond acceptors (Lipinski definition) is 3. The average Bonchev–Trinajstić information content (AvgIpc) is 2.50. The van der Waals surface area contributed by atoms with Crippen molar-refractivity contribution in [1.29, 1.82) is 0 Å². The molecular weight excluding hydrogens is 369 g/mol. The van der Waals surface area contributed by atoms with Gasteiger partial charge in [0.1, 0.15) is 3.92 Å². The van der Waals surface area contributed by atoms with Crippen molar-refractivity contribution in [2.45, 2.75) is 29.1 Å². The largest absolute Gasteiger partial charge is 0.468 e. The van der Waals surface area contributed by atoms with Crippen LogP contribution in [0.3, 0.4) is 0 Å². The van der Waals surface area contributed by atoms with Crippen molar-refractivity contribution in [3.8, 4) is 0 Å². The Labute approximate surface area is 132 Å². The lowest BCUT2D eigenvalue weighted by Gasteiger charge is -2.24. The van der Waals surface area contributed by atoms with Crippen molar-refractivity contribution < 1.29 is 14.3 Å². The van der Waals surface area contributed by atoms with E-state index in [1.54, 1.807) is 0 Å². The van der Waals surface area contributed by atoms with E-state index in [2.05, 4.69) is 16.1 Å². The molecule has 0 bridgehead atoms. The van der Waals surface area contributed by atoms with Crippen molar-refractivity contribution in [3.63, 3.8) is 0 Å². The van der Waals surface area contributed by atoms with Gasteiger partial charge in [-0.25, -0.2) is 0 Å². The van der Waals surface area contributed by atoms with E-state index in [9.17, 15) is 9.59 Å². The molecule has 0 fully saturated rings. The first-order valence-corrected chi connectivity index (χ1v) is 7.95. The Hall–Kier alpha value is -1.11. The smallest absolute Gasteiger partial charge is 0.320 e. The highest BCUT2D eigenvalue weighted by molar-refractivity contribution is 14.1. The van der Waals surface area contributed by atoms with E-state index >= 15 is 0 Å². The van der Waals surface area contributed by atoms with Gasteiger partial charge in [-0.15, -0.1) is 0 Å². The summed E-state index contributed by atoms with van der Waals surface area (Å²) in [5.74, 6) is -0.404. The number of benzene rings is 1. The second-order valence-electron chi connectivity index (χ2n) is 4.88. The summed E-state index contributed by atoms with van der Waals surface area (Å²) >= 11 is 1.98. The number of carbonyl (C=O) groups excluding carboxylic acids is 2. The maximum absolute atomic E-state index is 12.3. The second-order valence-corrected chi connectivity index (χ2v) is 6.38. The van der Waals surface area contributed by atoms with Crippen molar-refractivity contribution in [1.82, 2.24) is 5.32 Å². The van der Waals surface area contributed by atoms with E-state index in [1.165, 1.54) is 12.7 Å². The zero-order valence-corrected chi connectivity index (χ0v) is 13.6. The molecule has 0 aromatic heterocycles. The number of halogens is 1. The Bertz CT molecular complexity index is 504. The lowest BCUT2D eigenvalue weighted by molar-refractivity contribution is -0.139. The molecule has 20 heavy (non-hydrogen) atoms. The number of amides is 1. The van der Waals surface area contributed by atoms with Crippen LogP contribution in [0.15, 0.2) is 24.3 Å². The molecule has 1 aromatic rings. The third-order valence-electron chi connectivity index (χ3n) is 3.60. The van der Waals surface area contributed by atoms with E-state index in [0.717, 1.165) is 24.8 Å². The molecule has 0 radical (unpaired) electrons. The minimum atomic E-state index is -0.347. The molecule has 2 rings (SSSR count). The molecule has 0 aliphatic heterocycles. The van der Waals surface area contributed by atoms with Crippen LogP contribution in [-0.4, -0.2) is 29.5 Å².